The number of nitrogens with one attached hydrogen (secondary N) is 1. The quantitative estimate of drug-likeness (QED) is 0.863. The first kappa shape index (κ1) is 11.7. The normalized spacial score (nSPS) is 10.4. The van der Waals surface area contributed by atoms with Gasteiger partial charge in [0.2, 0.25) is 0 Å². The predicted octanol–water partition coefficient (Wildman–Crippen LogP) is 4.69. The lowest BCUT2D eigenvalue weighted by Crippen LogP contribution is -2.00. The number of para-hydroxylation sites is 1. The van der Waals surface area contributed by atoms with Gasteiger partial charge in [0.25, 0.3) is 0 Å². The van der Waals surface area contributed by atoms with Crippen molar-refractivity contribution in [3.05, 3.63) is 50.6 Å². The van der Waals surface area contributed by atoms with E-state index in [9.17, 15) is 0 Å². The number of hydrogen-bond donors (Lipinski definition) is 1. The zero-order valence-electron chi connectivity index (χ0n) is 9.16. The van der Waals surface area contributed by atoms with Gasteiger partial charge in [0.15, 0.2) is 0 Å². The Morgan fingerprint density at radius 3 is 2.81 bits per heavy atom. The van der Waals surface area contributed by atoms with E-state index in [2.05, 4.69) is 63.9 Å². The summed E-state index contributed by atoms with van der Waals surface area (Å²) in [5.41, 5.74) is 3.94. The third-order valence-corrected chi connectivity index (χ3v) is 4.06. The van der Waals surface area contributed by atoms with Crippen molar-refractivity contribution >= 4 is 33.0 Å². The van der Waals surface area contributed by atoms with E-state index in [0.717, 1.165) is 13.0 Å². The fourth-order valence-electron chi connectivity index (χ4n) is 1.64. The molecule has 1 N–H and O–H groups in total. The number of thiophene rings is 1. The molecule has 0 aliphatic rings. The smallest absolute Gasteiger partial charge is 0.0701 e. The van der Waals surface area contributed by atoms with E-state index in [-0.39, 0.29) is 0 Å². The van der Waals surface area contributed by atoms with Crippen molar-refractivity contribution in [2.75, 3.05) is 5.32 Å². The van der Waals surface area contributed by atoms with Crippen LogP contribution in [0.2, 0.25) is 0 Å². The SMILES string of the molecule is CCc1ccccc1NCc1csc(Br)c1. The Kier molecular flexibility index (Phi) is 4.02. The molecule has 3 heteroatoms. The van der Waals surface area contributed by atoms with Gasteiger partial charge in [-0.2, -0.15) is 0 Å². The number of rotatable bonds is 4. The molecule has 0 radical (unpaired) electrons. The highest BCUT2D eigenvalue weighted by molar-refractivity contribution is 9.11. The lowest BCUT2D eigenvalue weighted by Gasteiger charge is -2.09. The molecule has 1 aromatic carbocycles. The molecule has 0 bridgehead atoms. The molecular formula is C13H14BrNS. The van der Waals surface area contributed by atoms with Crippen LogP contribution in [0.1, 0.15) is 18.1 Å². The number of anilines is 1. The van der Waals surface area contributed by atoms with E-state index < -0.39 is 0 Å². The summed E-state index contributed by atoms with van der Waals surface area (Å²) in [6.45, 7) is 3.07. The lowest BCUT2D eigenvalue weighted by atomic mass is 10.1. The first-order chi connectivity index (χ1) is 7.79. The zero-order valence-corrected chi connectivity index (χ0v) is 11.6. The van der Waals surface area contributed by atoms with Gasteiger partial charge in [-0.25, -0.2) is 0 Å². The highest BCUT2D eigenvalue weighted by Crippen LogP contribution is 2.22. The Morgan fingerprint density at radius 1 is 1.31 bits per heavy atom. The summed E-state index contributed by atoms with van der Waals surface area (Å²) in [5, 5.41) is 5.65. The second kappa shape index (κ2) is 5.51. The number of halogens is 1. The van der Waals surface area contributed by atoms with Crippen molar-refractivity contribution < 1.29 is 0 Å². The molecular weight excluding hydrogens is 282 g/mol. The maximum atomic E-state index is 3.48. The summed E-state index contributed by atoms with van der Waals surface area (Å²) in [7, 11) is 0. The highest BCUT2D eigenvalue weighted by atomic mass is 79.9. The molecule has 0 unspecified atom stereocenters. The Bertz CT molecular complexity index is 464. The van der Waals surface area contributed by atoms with E-state index >= 15 is 0 Å². The highest BCUT2D eigenvalue weighted by Gasteiger charge is 2.00. The second-order valence-corrected chi connectivity index (χ2v) is 5.91. The van der Waals surface area contributed by atoms with E-state index in [1.807, 2.05) is 0 Å². The van der Waals surface area contributed by atoms with Crippen LogP contribution in [0, 0.1) is 0 Å². The van der Waals surface area contributed by atoms with E-state index in [0.29, 0.717) is 0 Å². The summed E-state index contributed by atoms with van der Waals surface area (Å²) in [4.78, 5) is 0. The van der Waals surface area contributed by atoms with Crippen molar-refractivity contribution in [3.8, 4) is 0 Å². The number of hydrogen-bond acceptors (Lipinski definition) is 2. The van der Waals surface area contributed by atoms with Crippen LogP contribution < -0.4 is 5.32 Å². The molecule has 1 heterocycles. The van der Waals surface area contributed by atoms with Crippen LogP contribution in [0.25, 0.3) is 0 Å². The summed E-state index contributed by atoms with van der Waals surface area (Å²) >= 11 is 5.20. The largest absolute Gasteiger partial charge is 0.381 e. The molecule has 2 rings (SSSR count). The summed E-state index contributed by atoms with van der Waals surface area (Å²) in [6, 6.07) is 10.6. The van der Waals surface area contributed by atoms with E-state index in [4.69, 9.17) is 0 Å². The van der Waals surface area contributed by atoms with Gasteiger partial charge in [-0.05, 0) is 51.0 Å². The van der Waals surface area contributed by atoms with Gasteiger partial charge >= 0.3 is 0 Å². The fourth-order valence-corrected chi connectivity index (χ4v) is 2.85. The molecule has 0 amide bonds. The minimum absolute atomic E-state index is 0.888. The Morgan fingerprint density at radius 2 is 2.12 bits per heavy atom. The van der Waals surface area contributed by atoms with E-state index in [1.54, 1.807) is 11.3 Å². The molecule has 2 aromatic rings. The van der Waals surface area contributed by atoms with Gasteiger partial charge in [0.05, 0.1) is 3.79 Å². The predicted molar refractivity (Wildman–Crippen MR) is 75.2 cm³/mol. The minimum atomic E-state index is 0.888. The Hall–Kier alpha value is -0.800. The molecule has 0 saturated carbocycles. The van der Waals surface area contributed by atoms with Gasteiger partial charge in [0.1, 0.15) is 0 Å². The molecule has 0 fully saturated rings. The third kappa shape index (κ3) is 2.86. The monoisotopic (exact) mass is 295 g/mol. The molecule has 1 aromatic heterocycles. The van der Waals surface area contributed by atoms with Crippen molar-refractivity contribution in [1.29, 1.82) is 0 Å². The second-order valence-electron chi connectivity index (χ2n) is 3.62. The van der Waals surface area contributed by atoms with Crippen LogP contribution in [0.5, 0.6) is 0 Å². The van der Waals surface area contributed by atoms with Crippen molar-refractivity contribution in [2.24, 2.45) is 0 Å². The summed E-state index contributed by atoms with van der Waals surface area (Å²) < 4.78 is 1.19. The number of benzene rings is 1. The topological polar surface area (TPSA) is 12.0 Å². The third-order valence-electron chi connectivity index (χ3n) is 2.50. The van der Waals surface area contributed by atoms with Crippen LogP contribution in [0.4, 0.5) is 5.69 Å². The molecule has 84 valence electrons. The van der Waals surface area contributed by atoms with Crippen LogP contribution in [-0.4, -0.2) is 0 Å². The molecule has 16 heavy (non-hydrogen) atoms. The van der Waals surface area contributed by atoms with Crippen LogP contribution in [-0.2, 0) is 13.0 Å². The first-order valence-corrected chi connectivity index (χ1v) is 7.01. The van der Waals surface area contributed by atoms with Crippen LogP contribution in [0.3, 0.4) is 0 Å². The molecule has 0 spiro atoms. The summed E-state index contributed by atoms with van der Waals surface area (Å²) in [5.74, 6) is 0. The summed E-state index contributed by atoms with van der Waals surface area (Å²) in [6.07, 6.45) is 1.07. The Balaban J connectivity index is 2.04. The van der Waals surface area contributed by atoms with E-state index in [1.165, 1.54) is 20.6 Å². The van der Waals surface area contributed by atoms with Crippen LogP contribution >= 0.6 is 27.3 Å². The average molecular weight is 296 g/mol. The maximum absolute atomic E-state index is 3.48. The van der Waals surface area contributed by atoms with Crippen LogP contribution in [0.15, 0.2) is 39.5 Å². The van der Waals surface area contributed by atoms with Gasteiger partial charge in [-0.1, -0.05) is 25.1 Å². The van der Waals surface area contributed by atoms with Gasteiger partial charge in [0, 0.05) is 12.2 Å². The molecule has 0 aliphatic heterocycles. The van der Waals surface area contributed by atoms with Crippen molar-refractivity contribution in [2.45, 2.75) is 19.9 Å². The number of aryl methyl sites for hydroxylation is 1. The molecule has 0 saturated heterocycles. The molecule has 0 aliphatic carbocycles. The minimum Gasteiger partial charge on any atom is -0.381 e. The Labute approximate surface area is 109 Å². The van der Waals surface area contributed by atoms with Gasteiger partial charge in [-0.3, -0.25) is 0 Å². The lowest BCUT2D eigenvalue weighted by molar-refractivity contribution is 1.10. The average Bonchev–Trinajstić information content (AvgIpc) is 2.73. The first-order valence-electron chi connectivity index (χ1n) is 5.34. The fraction of sp³-hybridized carbons (Fsp3) is 0.231. The zero-order chi connectivity index (χ0) is 11.4. The van der Waals surface area contributed by atoms with Gasteiger partial charge in [-0.15, -0.1) is 11.3 Å². The van der Waals surface area contributed by atoms with Crippen molar-refractivity contribution in [3.63, 3.8) is 0 Å². The standard InChI is InChI=1S/C13H14BrNS/c1-2-11-5-3-4-6-12(11)15-8-10-7-13(14)16-9-10/h3-7,9,15H,2,8H2,1H3. The van der Waals surface area contributed by atoms with Gasteiger partial charge < -0.3 is 5.32 Å². The van der Waals surface area contributed by atoms with Crippen molar-refractivity contribution in [1.82, 2.24) is 0 Å². The maximum Gasteiger partial charge on any atom is 0.0701 e. The molecule has 0 atom stereocenters. The molecule has 1 nitrogen and oxygen atoms in total.